The van der Waals surface area contributed by atoms with E-state index in [0.717, 1.165) is 52.5 Å². The molecule has 0 spiro atoms. The van der Waals surface area contributed by atoms with Crippen molar-refractivity contribution in [2.24, 2.45) is 40.0 Å². The van der Waals surface area contributed by atoms with Gasteiger partial charge in [0.15, 0.2) is 11.6 Å². The second-order valence-electron chi connectivity index (χ2n) is 23.7. The van der Waals surface area contributed by atoms with Crippen LogP contribution in [0.15, 0.2) is 52.6 Å². The third kappa shape index (κ3) is 11.5. The predicted molar refractivity (Wildman–Crippen MR) is 296 cm³/mol. The zero-order valence-electron chi connectivity index (χ0n) is 47.0. The molecule has 2 saturated carbocycles. The number of aryl methyl sites for hydroxylation is 2. The summed E-state index contributed by atoms with van der Waals surface area (Å²) in [6.45, 7) is 22.8. The van der Waals surface area contributed by atoms with Crippen molar-refractivity contribution in [3.05, 3.63) is 85.8 Å². The lowest BCUT2D eigenvalue weighted by molar-refractivity contribution is -0.187. The minimum Gasteiger partial charge on any atom is -0.465 e. The van der Waals surface area contributed by atoms with Gasteiger partial charge >= 0.3 is 17.9 Å². The monoisotopic (exact) mass is 1090 g/mol. The minimum atomic E-state index is -1.86. The van der Waals surface area contributed by atoms with Crippen molar-refractivity contribution >= 4 is 52.3 Å². The number of aliphatic hydroxyl groups is 3. The average molecular weight is 1090 g/mol. The molecule has 1 unspecified atom stereocenters. The molecule has 1 aliphatic heterocycles. The van der Waals surface area contributed by atoms with Gasteiger partial charge < -0.3 is 29.5 Å². The fraction of sp³-hybridized carbons (Fsp3) is 0.650. The highest BCUT2D eigenvalue weighted by Crippen LogP contribution is 2.77. The molecule has 0 bridgehead atoms. The molecular formula is C60H83ClN4O10S. The van der Waals surface area contributed by atoms with Gasteiger partial charge in [0.25, 0.3) is 0 Å². The van der Waals surface area contributed by atoms with Crippen molar-refractivity contribution in [2.45, 2.75) is 201 Å². The van der Waals surface area contributed by atoms with E-state index in [0.29, 0.717) is 41.3 Å². The number of aromatic nitrogens is 3. The molecule has 3 heterocycles. The third-order valence-corrected chi connectivity index (χ3v) is 18.6. The molecule has 0 saturated heterocycles. The fourth-order valence-corrected chi connectivity index (χ4v) is 14.0. The van der Waals surface area contributed by atoms with Crippen LogP contribution in [0.1, 0.15) is 191 Å². The number of benzene rings is 1. The van der Waals surface area contributed by atoms with Crippen molar-refractivity contribution in [3.63, 3.8) is 0 Å². The number of aliphatic imine (C=N–C) groups is 1. The van der Waals surface area contributed by atoms with Gasteiger partial charge in [-0.1, -0.05) is 122 Å². The summed E-state index contributed by atoms with van der Waals surface area (Å²) in [6, 6.07) is 7.11. The Balaban J connectivity index is 0.000000236. The van der Waals surface area contributed by atoms with Gasteiger partial charge in [-0.3, -0.25) is 28.7 Å². The van der Waals surface area contributed by atoms with Gasteiger partial charge in [-0.25, -0.2) is 0 Å². The number of hydrogen-bond donors (Lipinski definition) is 3. The summed E-state index contributed by atoms with van der Waals surface area (Å²) < 4.78 is 19.9. The van der Waals surface area contributed by atoms with Gasteiger partial charge in [0.05, 0.1) is 30.3 Å². The standard InChI is InChI=1S/C37H58O8.C23H25ClN4O2S/c1-7-9-10-11-12-13-14-15-16-17-30(39)45-36-20-26(5)37(43)28(31(36)34(36,6)23-44-33(41)24(3)8-2)19-27(22-38)21-35(42)29(37)18-25(4)32(35)40;1-12-13(2)31-22-19(12)20(15-7-9-16(24)10-8-15)25-17(11-18(29)30-23(4,5)6)21-27-26-14(3)28(21)22/h18-19,24,26,28-29,31,38,42-43H,7-17,20-23H2,1-6H3;7-10,17H,11H2,1-6H3/t24?,26-,28+,29-,31-,34-,35-,36+,37-;17-/m10/s1. The number of fused-ring (bicyclic) bond motifs is 8. The molecule has 10 atom stereocenters. The summed E-state index contributed by atoms with van der Waals surface area (Å²) >= 11 is 7.82. The number of Topliss-reactive ketones (excluding diaryl/α,β-unsaturated/α-hetero) is 1. The van der Waals surface area contributed by atoms with E-state index in [9.17, 15) is 34.5 Å². The maximum Gasteiger partial charge on any atom is 0.308 e. The van der Waals surface area contributed by atoms with Crippen molar-refractivity contribution in [1.82, 2.24) is 14.8 Å². The highest BCUT2D eigenvalue weighted by molar-refractivity contribution is 7.15. The molecule has 2 aromatic heterocycles. The number of thiophene rings is 1. The Kier molecular flexibility index (Phi) is 18.2. The van der Waals surface area contributed by atoms with Gasteiger partial charge in [0, 0.05) is 57.0 Å². The number of rotatable bonds is 19. The lowest BCUT2D eigenvalue weighted by Gasteiger charge is -2.50. The van der Waals surface area contributed by atoms with E-state index in [4.69, 9.17) is 30.8 Å². The highest BCUT2D eigenvalue weighted by atomic mass is 35.5. The summed E-state index contributed by atoms with van der Waals surface area (Å²) in [4.78, 5) is 58.5. The van der Waals surface area contributed by atoms with Crippen LogP contribution in [0.4, 0.5) is 0 Å². The summed E-state index contributed by atoms with van der Waals surface area (Å²) in [5.41, 5.74) is -0.936. The van der Waals surface area contributed by atoms with Crippen LogP contribution in [0, 0.1) is 55.8 Å². The van der Waals surface area contributed by atoms with Gasteiger partial charge in [-0.2, -0.15) is 0 Å². The number of ketones is 1. The lowest BCUT2D eigenvalue weighted by atomic mass is 9.60. The van der Waals surface area contributed by atoms with Crippen molar-refractivity contribution in [2.75, 3.05) is 13.2 Å². The molecule has 4 aliphatic carbocycles. The summed E-state index contributed by atoms with van der Waals surface area (Å²) in [5.74, 6) is -2.67. The first-order valence-corrected chi connectivity index (χ1v) is 29.0. The topological polar surface area (TPSA) is 200 Å². The second-order valence-corrected chi connectivity index (χ2v) is 25.3. The quantitative estimate of drug-likeness (QED) is 0.0445. The van der Waals surface area contributed by atoms with E-state index in [1.165, 1.54) is 43.4 Å². The number of ether oxygens (including phenoxy) is 3. The molecule has 2 fully saturated rings. The SMILES string of the molecule is CCCCCCCCCCCC(=O)O[C@@]12C[C@@H](C)[C@@]3(O)[C@@H](C=C(CO)C[C@]4(O)C(=O)C(C)=C[C@@H]34)[C@@H]1[C@@]2(C)COC(=O)C(C)CC.Cc1sc2c(c1C)C(c1ccc(Cl)cc1)=N[C@@H](CC(=O)OC(C)(C)C)c1nnc(C)n1-2. The molecule has 416 valence electrons. The fourth-order valence-electron chi connectivity index (χ4n) is 12.7. The highest BCUT2D eigenvalue weighted by Gasteiger charge is 2.85. The van der Waals surface area contributed by atoms with Crippen molar-refractivity contribution in [1.29, 1.82) is 0 Å². The van der Waals surface area contributed by atoms with Crippen LogP contribution in [0.25, 0.3) is 5.00 Å². The van der Waals surface area contributed by atoms with Crippen LogP contribution in [0.3, 0.4) is 0 Å². The molecule has 16 heteroatoms. The van der Waals surface area contributed by atoms with E-state index in [-0.39, 0.29) is 49.9 Å². The van der Waals surface area contributed by atoms with Crippen molar-refractivity contribution in [3.8, 4) is 5.00 Å². The van der Waals surface area contributed by atoms with Gasteiger partial charge in [0.1, 0.15) is 40.3 Å². The number of carbonyl (C=O) groups excluding carboxylic acids is 4. The Labute approximate surface area is 459 Å². The number of halogens is 1. The Bertz CT molecular complexity index is 2740. The second kappa shape index (κ2) is 23.4. The summed E-state index contributed by atoms with van der Waals surface area (Å²) in [6.07, 6.45) is 15.0. The van der Waals surface area contributed by atoms with Crippen LogP contribution in [-0.4, -0.2) is 95.1 Å². The predicted octanol–water partition coefficient (Wildman–Crippen LogP) is 11.5. The maximum absolute atomic E-state index is 13.4. The first kappa shape index (κ1) is 59.1. The number of unbranched alkanes of at least 4 members (excludes halogenated alkanes) is 8. The van der Waals surface area contributed by atoms with Gasteiger partial charge in [-0.05, 0) is 102 Å². The lowest BCUT2D eigenvalue weighted by Crippen LogP contribution is -2.61. The third-order valence-electron chi connectivity index (χ3n) is 17.1. The Morgan fingerprint density at radius 3 is 2.20 bits per heavy atom. The van der Waals surface area contributed by atoms with Crippen LogP contribution < -0.4 is 0 Å². The molecule has 3 aromatic rings. The van der Waals surface area contributed by atoms with E-state index >= 15 is 0 Å². The van der Waals surface area contributed by atoms with E-state index in [1.807, 2.05) is 84.2 Å². The molecule has 0 radical (unpaired) electrons. The van der Waals surface area contributed by atoms with Crippen LogP contribution in [0.5, 0.6) is 0 Å². The van der Waals surface area contributed by atoms with Gasteiger partial charge in [-0.15, -0.1) is 21.5 Å². The number of esters is 3. The van der Waals surface area contributed by atoms with E-state index in [2.05, 4.69) is 31.0 Å². The van der Waals surface area contributed by atoms with Crippen LogP contribution in [0.2, 0.25) is 5.02 Å². The van der Waals surface area contributed by atoms with Crippen LogP contribution in [-0.2, 0) is 33.4 Å². The molecule has 5 aliphatic rings. The Morgan fingerprint density at radius 2 is 1.58 bits per heavy atom. The molecular weight excluding hydrogens is 1000 g/mol. The number of aliphatic hydroxyl groups excluding tert-OH is 1. The average Bonchev–Trinajstić information content (AvgIpc) is 3.58. The molecule has 1 aromatic carbocycles. The molecule has 0 amide bonds. The summed E-state index contributed by atoms with van der Waals surface area (Å²) in [5, 5.41) is 45.2. The van der Waals surface area contributed by atoms with E-state index in [1.54, 1.807) is 30.4 Å². The number of carbonyl (C=O) groups is 4. The minimum absolute atomic E-state index is 0.0243. The zero-order valence-corrected chi connectivity index (χ0v) is 48.6. The van der Waals surface area contributed by atoms with Gasteiger partial charge in [0.2, 0.25) is 0 Å². The molecule has 14 nitrogen and oxygen atoms in total. The first-order chi connectivity index (χ1) is 35.8. The number of hydrogen-bond acceptors (Lipinski definition) is 14. The Morgan fingerprint density at radius 1 is 0.934 bits per heavy atom. The molecule has 76 heavy (non-hydrogen) atoms. The first-order valence-electron chi connectivity index (χ1n) is 27.8. The van der Waals surface area contributed by atoms with E-state index < -0.39 is 63.3 Å². The normalized spacial score (nSPS) is 28.6. The maximum atomic E-state index is 13.4. The smallest absolute Gasteiger partial charge is 0.308 e. The van der Waals surface area contributed by atoms with Crippen molar-refractivity contribution < 1.29 is 48.7 Å². The summed E-state index contributed by atoms with van der Waals surface area (Å²) in [7, 11) is 0. The zero-order chi connectivity index (χ0) is 55.7. The number of nitrogens with zero attached hydrogens (tertiary/aromatic N) is 4. The van der Waals surface area contributed by atoms with Crippen LogP contribution >= 0.6 is 22.9 Å². The Hall–Kier alpha value is -4.54. The molecule has 3 N–H and O–H groups in total. The molecule has 8 rings (SSSR count). The largest absolute Gasteiger partial charge is 0.465 e.